The summed E-state index contributed by atoms with van der Waals surface area (Å²) in [6.45, 7) is 4.38. The standard InChI is InChI=1S/C13H21N3O2/c1-8(2)6-9(17)7-14-13(18)12-10-4-3-5-11(10)15-16-12/h8-9,17H,3-7H2,1-2H3,(H,14,18)(H,15,16). The first-order chi connectivity index (χ1) is 8.58. The van der Waals surface area contributed by atoms with Gasteiger partial charge in [0.1, 0.15) is 0 Å². The molecule has 3 N–H and O–H groups in total. The van der Waals surface area contributed by atoms with E-state index in [1.807, 2.05) is 13.8 Å². The van der Waals surface area contributed by atoms with Gasteiger partial charge in [-0.15, -0.1) is 0 Å². The minimum absolute atomic E-state index is 0.183. The normalized spacial score (nSPS) is 15.8. The van der Waals surface area contributed by atoms with Crippen LogP contribution in [0.1, 0.15) is 48.4 Å². The van der Waals surface area contributed by atoms with E-state index in [1.165, 1.54) is 0 Å². The molecule has 1 aromatic rings. The van der Waals surface area contributed by atoms with Gasteiger partial charge >= 0.3 is 0 Å². The Morgan fingerprint density at radius 1 is 1.50 bits per heavy atom. The number of fused-ring (bicyclic) bond motifs is 1. The molecule has 1 atom stereocenters. The van der Waals surface area contributed by atoms with Crippen molar-refractivity contribution in [1.29, 1.82) is 0 Å². The van der Waals surface area contributed by atoms with E-state index in [2.05, 4.69) is 15.5 Å². The molecule has 0 saturated heterocycles. The molecular formula is C13H21N3O2. The number of H-pyrrole nitrogens is 1. The van der Waals surface area contributed by atoms with Gasteiger partial charge in [-0.25, -0.2) is 0 Å². The lowest BCUT2D eigenvalue weighted by Gasteiger charge is -2.13. The number of aromatic amines is 1. The average molecular weight is 251 g/mol. The van der Waals surface area contributed by atoms with E-state index in [4.69, 9.17) is 0 Å². The van der Waals surface area contributed by atoms with Gasteiger partial charge in [0.15, 0.2) is 5.69 Å². The Morgan fingerprint density at radius 3 is 3.00 bits per heavy atom. The van der Waals surface area contributed by atoms with Gasteiger partial charge in [-0.3, -0.25) is 9.89 Å². The predicted molar refractivity (Wildman–Crippen MR) is 68.4 cm³/mol. The second-order valence-electron chi connectivity index (χ2n) is 5.38. The number of nitrogens with one attached hydrogen (secondary N) is 2. The lowest BCUT2D eigenvalue weighted by atomic mass is 10.1. The Kier molecular flexibility index (Phi) is 4.01. The molecule has 1 unspecified atom stereocenters. The number of aromatic nitrogens is 2. The summed E-state index contributed by atoms with van der Waals surface area (Å²) < 4.78 is 0. The fourth-order valence-electron chi connectivity index (χ4n) is 2.43. The quantitative estimate of drug-likeness (QED) is 0.731. The lowest BCUT2D eigenvalue weighted by molar-refractivity contribution is 0.0894. The van der Waals surface area contributed by atoms with Gasteiger partial charge < -0.3 is 10.4 Å². The van der Waals surface area contributed by atoms with Crippen LogP contribution >= 0.6 is 0 Å². The number of carbonyl (C=O) groups is 1. The number of aliphatic hydroxyl groups excluding tert-OH is 1. The number of aryl methyl sites for hydroxylation is 1. The van der Waals surface area contributed by atoms with Crippen molar-refractivity contribution in [1.82, 2.24) is 15.5 Å². The van der Waals surface area contributed by atoms with Gasteiger partial charge in [0.05, 0.1) is 6.10 Å². The van der Waals surface area contributed by atoms with Crippen LogP contribution in [0.15, 0.2) is 0 Å². The van der Waals surface area contributed by atoms with Crippen LogP contribution in [-0.4, -0.2) is 33.9 Å². The van der Waals surface area contributed by atoms with Crippen molar-refractivity contribution >= 4 is 5.91 Å². The largest absolute Gasteiger partial charge is 0.391 e. The zero-order valence-electron chi connectivity index (χ0n) is 11.0. The maximum Gasteiger partial charge on any atom is 0.272 e. The molecule has 2 rings (SSSR count). The second kappa shape index (κ2) is 5.52. The van der Waals surface area contributed by atoms with Gasteiger partial charge in [-0.05, 0) is 31.6 Å². The van der Waals surface area contributed by atoms with Crippen molar-refractivity contribution in [3.05, 3.63) is 17.0 Å². The van der Waals surface area contributed by atoms with E-state index >= 15 is 0 Å². The summed E-state index contributed by atoms with van der Waals surface area (Å²) in [4.78, 5) is 12.0. The van der Waals surface area contributed by atoms with E-state index in [0.29, 0.717) is 24.6 Å². The molecule has 1 aliphatic carbocycles. The second-order valence-corrected chi connectivity index (χ2v) is 5.38. The SMILES string of the molecule is CC(C)CC(O)CNC(=O)c1n[nH]c2c1CCC2. The van der Waals surface area contributed by atoms with Gasteiger partial charge in [-0.1, -0.05) is 13.8 Å². The molecule has 1 aliphatic rings. The molecule has 0 radical (unpaired) electrons. The molecule has 0 aromatic carbocycles. The Morgan fingerprint density at radius 2 is 2.28 bits per heavy atom. The first kappa shape index (κ1) is 13.1. The third-order valence-electron chi connectivity index (χ3n) is 3.26. The topological polar surface area (TPSA) is 78.0 Å². The van der Waals surface area contributed by atoms with Crippen LogP contribution in [0.3, 0.4) is 0 Å². The monoisotopic (exact) mass is 251 g/mol. The highest BCUT2D eigenvalue weighted by atomic mass is 16.3. The van der Waals surface area contributed by atoms with Crippen molar-refractivity contribution in [3.63, 3.8) is 0 Å². The maximum atomic E-state index is 12.0. The molecule has 5 nitrogen and oxygen atoms in total. The first-order valence-electron chi connectivity index (χ1n) is 6.60. The third-order valence-corrected chi connectivity index (χ3v) is 3.26. The van der Waals surface area contributed by atoms with E-state index < -0.39 is 6.10 Å². The lowest BCUT2D eigenvalue weighted by Crippen LogP contribution is -2.33. The summed E-state index contributed by atoms with van der Waals surface area (Å²) in [5.41, 5.74) is 2.63. The van der Waals surface area contributed by atoms with Crippen LogP contribution in [0, 0.1) is 5.92 Å². The van der Waals surface area contributed by atoms with Crippen molar-refractivity contribution in [2.24, 2.45) is 5.92 Å². The van der Waals surface area contributed by atoms with E-state index in [-0.39, 0.29) is 5.91 Å². The zero-order valence-corrected chi connectivity index (χ0v) is 11.0. The number of amides is 1. The Labute approximate surface area is 107 Å². The highest BCUT2D eigenvalue weighted by molar-refractivity contribution is 5.94. The highest BCUT2D eigenvalue weighted by Gasteiger charge is 2.23. The van der Waals surface area contributed by atoms with Crippen LogP contribution in [0.5, 0.6) is 0 Å². The fraction of sp³-hybridized carbons (Fsp3) is 0.692. The number of carbonyl (C=O) groups excluding carboxylic acids is 1. The van der Waals surface area contributed by atoms with Gasteiger partial charge in [0.2, 0.25) is 0 Å². The van der Waals surface area contributed by atoms with Crippen molar-refractivity contribution in [2.45, 2.75) is 45.6 Å². The average Bonchev–Trinajstić information content (AvgIpc) is 2.86. The molecule has 18 heavy (non-hydrogen) atoms. The molecule has 1 amide bonds. The summed E-state index contributed by atoms with van der Waals surface area (Å²) >= 11 is 0. The molecule has 0 spiro atoms. The van der Waals surface area contributed by atoms with Gasteiger partial charge in [0, 0.05) is 17.8 Å². The Balaban J connectivity index is 1.88. The fourth-order valence-corrected chi connectivity index (χ4v) is 2.43. The molecule has 0 bridgehead atoms. The highest BCUT2D eigenvalue weighted by Crippen LogP contribution is 2.22. The Bertz CT molecular complexity index is 426. The third kappa shape index (κ3) is 2.90. The van der Waals surface area contributed by atoms with Crippen LogP contribution in [-0.2, 0) is 12.8 Å². The molecule has 100 valence electrons. The number of hydrogen-bond acceptors (Lipinski definition) is 3. The van der Waals surface area contributed by atoms with Crippen LogP contribution in [0.25, 0.3) is 0 Å². The van der Waals surface area contributed by atoms with E-state index in [0.717, 1.165) is 30.5 Å². The van der Waals surface area contributed by atoms with Crippen molar-refractivity contribution in [3.8, 4) is 0 Å². The first-order valence-corrected chi connectivity index (χ1v) is 6.60. The molecule has 1 aromatic heterocycles. The molecule has 1 heterocycles. The molecule has 0 fully saturated rings. The van der Waals surface area contributed by atoms with Crippen molar-refractivity contribution in [2.75, 3.05) is 6.54 Å². The molecule has 0 saturated carbocycles. The number of rotatable bonds is 5. The predicted octanol–water partition coefficient (Wildman–Crippen LogP) is 1.04. The van der Waals surface area contributed by atoms with Crippen LogP contribution in [0.2, 0.25) is 0 Å². The molecule has 5 heteroatoms. The van der Waals surface area contributed by atoms with Crippen LogP contribution in [0.4, 0.5) is 0 Å². The summed E-state index contributed by atoms with van der Waals surface area (Å²) in [7, 11) is 0. The minimum Gasteiger partial charge on any atom is -0.391 e. The van der Waals surface area contributed by atoms with Gasteiger partial charge in [-0.2, -0.15) is 5.10 Å². The van der Waals surface area contributed by atoms with Crippen LogP contribution < -0.4 is 5.32 Å². The summed E-state index contributed by atoms with van der Waals surface area (Å²) in [5, 5.41) is 19.4. The summed E-state index contributed by atoms with van der Waals surface area (Å²) in [6, 6.07) is 0. The zero-order chi connectivity index (χ0) is 13.1. The smallest absolute Gasteiger partial charge is 0.272 e. The Hall–Kier alpha value is -1.36. The van der Waals surface area contributed by atoms with Gasteiger partial charge in [0.25, 0.3) is 5.91 Å². The number of nitrogens with zero attached hydrogens (tertiary/aromatic N) is 1. The summed E-state index contributed by atoms with van der Waals surface area (Å²) in [6.07, 6.45) is 3.19. The maximum absolute atomic E-state index is 12.0. The summed E-state index contributed by atoms with van der Waals surface area (Å²) in [5.74, 6) is 0.240. The molecule has 0 aliphatic heterocycles. The molecular weight excluding hydrogens is 230 g/mol. The van der Waals surface area contributed by atoms with E-state index in [1.54, 1.807) is 0 Å². The van der Waals surface area contributed by atoms with E-state index in [9.17, 15) is 9.90 Å². The van der Waals surface area contributed by atoms with Crippen molar-refractivity contribution < 1.29 is 9.90 Å². The minimum atomic E-state index is -0.485. The number of aliphatic hydroxyl groups is 1. The number of hydrogen-bond donors (Lipinski definition) is 3.